The molecule has 0 aliphatic heterocycles. The quantitative estimate of drug-likeness (QED) is 0.367. The van der Waals surface area contributed by atoms with E-state index in [1.54, 1.807) is 12.1 Å². The summed E-state index contributed by atoms with van der Waals surface area (Å²) in [6, 6.07) is 19.1. The number of rotatable bonds is 6. The zero-order chi connectivity index (χ0) is 25.2. The van der Waals surface area contributed by atoms with Crippen molar-refractivity contribution in [3.8, 4) is 28.1 Å². The highest BCUT2D eigenvalue weighted by Gasteiger charge is 2.30. The lowest BCUT2D eigenvalue weighted by molar-refractivity contribution is -0.274. The highest BCUT2D eigenvalue weighted by atomic mass is 32.2. The molecule has 7 nitrogen and oxygen atoms in total. The number of hydrogen-bond donors (Lipinski definition) is 2. The molecule has 3 aromatic carbocycles. The van der Waals surface area contributed by atoms with E-state index < -0.39 is 16.4 Å². The highest BCUT2D eigenvalue weighted by Crippen LogP contribution is 2.29. The van der Waals surface area contributed by atoms with Crippen LogP contribution in [0.5, 0.6) is 5.75 Å². The summed E-state index contributed by atoms with van der Waals surface area (Å²) in [6.07, 6.45) is -3.39. The summed E-state index contributed by atoms with van der Waals surface area (Å²) in [5.41, 5.74) is 4.36. The number of sulfonamides is 1. The summed E-state index contributed by atoms with van der Waals surface area (Å²) in [5.74, 6) is 0.122. The van der Waals surface area contributed by atoms with Crippen molar-refractivity contribution in [1.29, 1.82) is 0 Å². The number of benzene rings is 3. The lowest BCUT2D eigenvalue weighted by Crippen LogP contribution is -2.16. The maximum absolute atomic E-state index is 12.3. The van der Waals surface area contributed by atoms with Crippen LogP contribution in [-0.4, -0.2) is 24.7 Å². The molecule has 0 aliphatic carbocycles. The second-order valence-electron chi connectivity index (χ2n) is 7.58. The molecule has 0 bridgehead atoms. The minimum Gasteiger partial charge on any atom is -0.406 e. The lowest BCUT2D eigenvalue weighted by Gasteiger charge is -2.11. The molecule has 0 radical (unpaired) electrons. The van der Waals surface area contributed by atoms with Gasteiger partial charge in [-0.25, -0.2) is 23.5 Å². The summed E-state index contributed by atoms with van der Waals surface area (Å²) in [4.78, 5) is 8.46. The third kappa shape index (κ3) is 6.14. The minimum atomic E-state index is -4.75. The Morgan fingerprint density at radius 1 is 0.886 bits per heavy atom. The van der Waals surface area contributed by atoms with Crippen molar-refractivity contribution >= 4 is 21.5 Å². The second kappa shape index (κ2) is 9.35. The Kier molecular flexibility index (Phi) is 6.46. The van der Waals surface area contributed by atoms with E-state index in [0.29, 0.717) is 17.2 Å². The molecule has 4 aromatic rings. The van der Waals surface area contributed by atoms with Gasteiger partial charge < -0.3 is 10.1 Å². The fourth-order valence-corrected chi connectivity index (χ4v) is 3.92. The zero-order valence-corrected chi connectivity index (χ0v) is 19.1. The number of hydrogen-bond acceptors (Lipinski definition) is 6. The Balaban J connectivity index is 1.53. The Hall–Kier alpha value is -3.96. The predicted molar refractivity (Wildman–Crippen MR) is 125 cm³/mol. The van der Waals surface area contributed by atoms with Crippen LogP contribution in [0.1, 0.15) is 5.56 Å². The molecule has 11 heteroatoms. The number of primary sulfonamides is 1. The summed E-state index contributed by atoms with van der Waals surface area (Å²) in [5, 5.41) is 8.27. The summed E-state index contributed by atoms with van der Waals surface area (Å²) < 4.78 is 64.2. The molecule has 0 unspecified atom stereocenters. The Bertz CT molecular complexity index is 1460. The van der Waals surface area contributed by atoms with Crippen LogP contribution in [0.2, 0.25) is 0 Å². The van der Waals surface area contributed by atoms with Gasteiger partial charge in [0, 0.05) is 17.3 Å². The fourth-order valence-electron chi connectivity index (χ4n) is 3.38. The van der Waals surface area contributed by atoms with Gasteiger partial charge in [0.15, 0.2) is 0 Å². The summed E-state index contributed by atoms with van der Waals surface area (Å²) >= 11 is 0. The topological polar surface area (TPSA) is 107 Å². The average molecular weight is 501 g/mol. The molecule has 35 heavy (non-hydrogen) atoms. The summed E-state index contributed by atoms with van der Waals surface area (Å²) in [7, 11) is -3.82. The van der Waals surface area contributed by atoms with E-state index in [-0.39, 0.29) is 10.6 Å². The number of nitrogens with one attached hydrogen (secondary N) is 1. The smallest absolute Gasteiger partial charge is 0.406 e. The van der Waals surface area contributed by atoms with Crippen LogP contribution < -0.4 is 15.2 Å². The van der Waals surface area contributed by atoms with Crippen LogP contribution in [0.4, 0.5) is 24.7 Å². The maximum atomic E-state index is 12.3. The van der Waals surface area contributed by atoms with Gasteiger partial charge in [-0.3, -0.25) is 0 Å². The normalized spacial score (nSPS) is 11.8. The van der Waals surface area contributed by atoms with E-state index in [1.807, 2.05) is 31.2 Å². The molecule has 0 aliphatic rings. The Labute approximate surface area is 199 Å². The zero-order valence-electron chi connectivity index (χ0n) is 18.2. The number of aryl methyl sites for hydroxylation is 1. The summed E-state index contributed by atoms with van der Waals surface area (Å²) in [6.45, 7) is 1.88. The van der Waals surface area contributed by atoms with E-state index in [9.17, 15) is 21.6 Å². The molecule has 3 N–H and O–H groups in total. The van der Waals surface area contributed by atoms with E-state index in [4.69, 9.17) is 5.14 Å². The van der Waals surface area contributed by atoms with Gasteiger partial charge >= 0.3 is 6.36 Å². The largest absolute Gasteiger partial charge is 0.573 e. The van der Waals surface area contributed by atoms with Crippen molar-refractivity contribution in [2.45, 2.75) is 18.2 Å². The van der Waals surface area contributed by atoms with Gasteiger partial charge in [0.05, 0.1) is 10.6 Å². The molecule has 180 valence electrons. The highest BCUT2D eigenvalue weighted by molar-refractivity contribution is 7.89. The van der Waals surface area contributed by atoms with Crippen molar-refractivity contribution in [1.82, 2.24) is 9.97 Å². The number of ether oxygens (including phenoxy) is 1. The van der Waals surface area contributed by atoms with E-state index in [0.717, 1.165) is 22.3 Å². The lowest BCUT2D eigenvalue weighted by atomic mass is 9.99. The average Bonchev–Trinajstić information content (AvgIpc) is 2.79. The van der Waals surface area contributed by atoms with Crippen molar-refractivity contribution in [3.05, 3.63) is 84.7 Å². The molecule has 1 heterocycles. The number of alkyl halides is 3. The number of halogens is 3. The molecule has 0 spiro atoms. The first-order chi connectivity index (χ1) is 16.5. The number of aromatic nitrogens is 2. The molecule has 0 saturated heterocycles. The van der Waals surface area contributed by atoms with E-state index >= 15 is 0 Å². The second-order valence-corrected chi connectivity index (χ2v) is 9.15. The van der Waals surface area contributed by atoms with Crippen LogP contribution >= 0.6 is 0 Å². The van der Waals surface area contributed by atoms with Gasteiger partial charge in [0.2, 0.25) is 10.0 Å². The van der Waals surface area contributed by atoms with E-state index in [2.05, 4.69) is 20.0 Å². The van der Waals surface area contributed by atoms with Crippen molar-refractivity contribution in [3.63, 3.8) is 0 Å². The van der Waals surface area contributed by atoms with Crippen LogP contribution in [0, 0.1) is 6.92 Å². The SMILES string of the molecule is Cc1ccc(S(N)(=O)=O)cc1-c1ccc(-c2cc(Nc3ccc(OC(F)(F)F)cc3)ncn2)cc1. The first-order valence-electron chi connectivity index (χ1n) is 10.2. The van der Waals surface area contributed by atoms with Crippen LogP contribution in [-0.2, 0) is 10.0 Å². The predicted octanol–water partition coefficient (Wildman–Crippen LogP) is 5.41. The first-order valence-corrected chi connectivity index (χ1v) is 11.7. The molecule has 0 fully saturated rings. The molecule has 1 aromatic heterocycles. The van der Waals surface area contributed by atoms with Crippen LogP contribution in [0.25, 0.3) is 22.4 Å². The molecule has 4 rings (SSSR count). The van der Waals surface area contributed by atoms with Crippen molar-refractivity contribution in [2.75, 3.05) is 5.32 Å². The van der Waals surface area contributed by atoms with Gasteiger partial charge in [0.25, 0.3) is 0 Å². The number of nitrogens with two attached hydrogens (primary N) is 1. The van der Waals surface area contributed by atoms with E-state index in [1.165, 1.54) is 42.7 Å². The van der Waals surface area contributed by atoms with Gasteiger partial charge in [-0.15, -0.1) is 13.2 Å². The van der Waals surface area contributed by atoms with Crippen LogP contribution in [0.3, 0.4) is 0 Å². The molecule has 0 saturated carbocycles. The van der Waals surface area contributed by atoms with Gasteiger partial charge in [-0.1, -0.05) is 30.3 Å². The van der Waals surface area contributed by atoms with Gasteiger partial charge in [-0.05, 0) is 60.0 Å². The maximum Gasteiger partial charge on any atom is 0.573 e. The number of nitrogens with zero attached hydrogens (tertiary/aromatic N) is 2. The molecule has 0 amide bonds. The van der Waals surface area contributed by atoms with Crippen LogP contribution in [0.15, 0.2) is 84.0 Å². The number of anilines is 2. The van der Waals surface area contributed by atoms with Gasteiger partial charge in [0.1, 0.15) is 17.9 Å². The third-order valence-corrected chi connectivity index (χ3v) is 5.97. The Morgan fingerprint density at radius 3 is 2.17 bits per heavy atom. The third-order valence-electron chi connectivity index (χ3n) is 5.06. The molecular formula is C24H19F3N4O3S. The van der Waals surface area contributed by atoms with Crippen molar-refractivity contribution < 1.29 is 26.3 Å². The molecular weight excluding hydrogens is 481 g/mol. The molecule has 0 atom stereocenters. The standard InChI is InChI=1S/C24H19F3N4O3S/c1-15-2-11-20(35(28,32)33)12-21(15)16-3-5-17(6-4-16)22-13-23(30-14-29-22)31-18-7-9-19(10-8-18)34-24(25,26)27/h2-14H,1H3,(H2,28,32,33)(H,29,30,31). The van der Waals surface area contributed by atoms with Gasteiger partial charge in [-0.2, -0.15) is 0 Å². The first kappa shape index (κ1) is 24.2. The Morgan fingerprint density at radius 2 is 1.54 bits per heavy atom. The minimum absolute atomic E-state index is 0.0340. The van der Waals surface area contributed by atoms with Crippen molar-refractivity contribution in [2.24, 2.45) is 5.14 Å². The fraction of sp³-hybridized carbons (Fsp3) is 0.0833. The monoisotopic (exact) mass is 500 g/mol.